The van der Waals surface area contributed by atoms with E-state index in [0.29, 0.717) is 10.8 Å². The Morgan fingerprint density at radius 2 is 2.18 bits per heavy atom. The van der Waals surface area contributed by atoms with Crippen LogP contribution in [0.4, 0.5) is 5.69 Å². The van der Waals surface area contributed by atoms with Gasteiger partial charge in [-0.05, 0) is 25.1 Å². The van der Waals surface area contributed by atoms with Crippen LogP contribution in [-0.4, -0.2) is 40.3 Å². The molecule has 1 N–H and O–H groups in total. The molecule has 1 aromatic carbocycles. The van der Waals surface area contributed by atoms with Gasteiger partial charge in [-0.1, -0.05) is 17.7 Å². The Labute approximate surface area is 135 Å². The standard InChI is InChI=1S/C14H19ClN2O4S/c1-5-8-16-14(18)10(2)17(22(4,19)20)12-9-11(15)6-7-13(12)21-3/h5-7,9-10H,1,8H2,2-4H3,(H,16,18). The molecule has 0 saturated heterocycles. The molecule has 0 aromatic heterocycles. The van der Waals surface area contributed by atoms with E-state index in [1.165, 1.54) is 26.2 Å². The third kappa shape index (κ3) is 4.38. The lowest BCUT2D eigenvalue weighted by atomic mass is 10.2. The smallest absolute Gasteiger partial charge is 0.243 e. The Morgan fingerprint density at radius 3 is 2.68 bits per heavy atom. The number of nitrogens with one attached hydrogen (secondary N) is 1. The van der Waals surface area contributed by atoms with Crippen molar-refractivity contribution >= 4 is 33.2 Å². The van der Waals surface area contributed by atoms with Crippen molar-refractivity contribution in [1.82, 2.24) is 5.32 Å². The van der Waals surface area contributed by atoms with Gasteiger partial charge in [-0.15, -0.1) is 6.58 Å². The third-order valence-corrected chi connectivity index (χ3v) is 4.35. The van der Waals surface area contributed by atoms with Crippen molar-refractivity contribution in [2.24, 2.45) is 0 Å². The van der Waals surface area contributed by atoms with Crippen molar-refractivity contribution in [2.75, 3.05) is 24.2 Å². The van der Waals surface area contributed by atoms with Gasteiger partial charge in [0, 0.05) is 11.6 Å². The molecule has 0 bridgehead atoms. The van der Waals surface area contributed by atoms with E-state index in [0.717, 1.165) is 10.6 Å². The highest BCUT2D eigenvalue weighted by molar-refractivity contribution is 7.92. The zero-order chi connectivity index (χ0) is 16.9. The van der Waals surface area contributed by atoms with Gasteiger partial charge >= 0.3 is 0 Å². The van der Waals surface area contributed by atoms with Crippen LogP contribution in [0.25, 0.3) is 0 Å². The fraction of sp³-hybridized carbons (Fsp3) is 0.357. The maximum Gasteiger partial charge on any atom is 0.243 e. The molecule has 1 atom stereocenters. The summed E-state index contributed by atoms with van der Waals surface area (Å²) in [6, 6.07) is 3.60. The molecule has 8 heteroatoms. The van der Waals surface area contributed by atoms with Crippen molar-refractivity contribution in [2.45, 2.75) is 13.0 Å². The van der Waals surface area contributed by atoms with E-state index < -0.39 is 22.0 Å². The molecule has 0 heterocycles. The second-order valence-electron chi connectivity index (χ2n) is 4.58. The summed E-state index contributed by atoms with van der Waals surface area (Å²) in [5.41, 5.74) is 0.207. The minimum Gasteiger partial charge on any atom is -0.495 e. The molecule has 0 spiro atoms. The fourth-order valence-corrected chi connectivity index (χ4v) is 3.27. The van der Waals surface area contributed by atoms with Gasteiger partial charge in [-0.25, -0.2) is 8.42 Å². The zero-order valence-electron chi connectivity index (χ0n) is 12.7. The summed E-state index contributed by atoms with van der Waals surface area (Å²) in [5, 5.41) is 2.91. The van der Waals surface area contributed by atoms with Gasteiger partial charge in [-0.2, -0.15) is 0 Å². The van der Waals surface area contributed by atoms with Crippen LogP contribution in [0.3, 0.4) is 0 Å². The number of methoxy groups -OCH3 is 1. The second kappa shape index (κ2) is 7.51. The molecular weight excluding hydrogens is 328 g/mol. The molecule has 0 radical (unpaired) electrons. The number of benzene rings is 1. The van der Waals surface area contributed by atoms with E-state index in [1.54, 1.807) is 12.1 Å². The van der Waals surface area contributed by atoms with Gasteiger partial charge in [-0.3, -0.25) is 9.10 Å². The van der Waals surface area contributed by atoms with Crippen molar-refractivity contribution in [3.8, 4) is 5.75 Å². The number of ether oxygens (including phenoxy) is 1. The number of amides is 1. The molecule has 0 fully saturated rings. The summed E-state index contributed by atoms with van der Waals surface area (Å²) in [6.45, 7) is 5.23. The number of nitrogens with zero attached hydrogens (tertiary/aromatic N) is 1. The first-order valence-electron chi connectivity index (χ1n) is 6.44. The molecule has 0 aliphatic carbocycles. The lowest BCUT2D eigenvalue weighted by Gasteiger charge is -2.29. The van der Waals surface area contributed by atoms with Crippen LogP contribution in [0.1, 0.15) is 6.92 Å². The molecular formula is C14H19ClN2O4S. The minimum absolute atomic E-state index is 0.207. The number of carbonyl (C=O) groups excluding carboxylic acids is 1. The van der Waals surface area contributed by atoms with E-state index >= 15 is 0 Å². The van der Waals surface area contributed by atoms with Gasteiger partial charge in [0.1, 0.15) is 11.8 Å². The Balaban J connectivity index is 3.34. The van der Waals surface area contributed by atoms with Crippen LogP contribution in [0.15, 0.2) is 30.9 Å². The lowest BCUT2D eigenvalue weighted by Crippen LogP contribution is -2.48. The maximum absolute atomic E-state index is 12.2. The van der Waals surface area contributed by atoms with Crippen LogP contribution < -0.4 is 14.4 Å². The van der Waals surface area contributed by atoms with Crippen LogP contribution in [0.5, 0.6) is 5.75 Å². The molecule has 1 amide bonds. The normalized spacial score (nSPS) is 12.4. The fourth-order valence-electron chi connectivity index (χ4n) is 1.94. The molecule has 0 aliphatic rings. The highest BCUT2D eigenvalue weighted by atomic mass is 35.5. The number of halogens is 1. The summed E-state index contributed by atoms with van der Waals surface area (Å²) < 4.78 is 30.5. The summed E-state index contributed by atoms with van der Waals surface area (Å²) in [5.74, 6) is -0.148. The predicted molar refractivity (Wildman–Crippen MR) is 88.0 cm³/mol. The summed E-state index contributed by atoms with van der Waals surface area (Å²) >= 11 is 5.94. The molecule has 122 valence electrons. The largest absolute Gasteiger partial charge is 0.495 e. The molecule has 1 aromatic rings. The molecule has 1 unspecified atom stereocenters. The molecule has 0 aliphatic heterocycles. The first-order valence-corrected chi connectivity index (χ1v) is 8.66. The van der Waals surface area contributed by atoms with E-state index in [-0.39, 0.29) is 12.2 Å². The number of sulfonamides is 1. The molecule has 22 heavy (non-hydrogen) atoms. The first-order chi connectivity index (χ1) is 10.2. The quantitative estimate of drug-likeness (QED) is 0.764. The zero-order valence-corrected chi connectivity index (χ0v) is 14.2. The highest BCUT2D eigenvalue weighted by Crippen LogP contribution is 2.34. The predicted octanol–water partition coefficient (Wildman–Crippen LogP) is 1.81. The van der Waals surface area contributed by atoms with Crippen LogP contribution in [-0.2, 0) is 14.8 Å². The average Bonchev–Trinajstić information content (AvgIpc) is 2.43. The Kier molecular flexibility index (Phi) is 6.25. The Morgan fingerprint density at radius 1 is 1.55 bits per heavy atom. The third-order valence-electron chi connectivity index (χ3n) is 2.89. The monoisotopic (exact) mass is 346 g/mol. The maximum atomic E-state index is 12.2. The van der Waals surface area contributed by atoms with Crippen LogP contribution >= 0.6 is 11.6 Å². The first kappa shape index (κ1) is 18.3. The number of anilines is 1. The van der Waals surface area contributed by atoms with Crippen molar-refractivity contribution in [1.29, 1.82) is 0 Å². The number of rotatable bonds is 7. The number of carbonyl (C=O) groups is 1. The van der Waals surface area contributed by atoms with Gasteiger partial charge in [0.05, 0.1) is 19.1 Å². The lowest BCUT2D eigenvalue weighted by molar-refractivity contribution is -0.121. The molecule has 1 rings (SSSR count). The van der Waals surface area contributed by atoms with Gasteiger partial charge in [0.25, 0.3) is 0 Å². The highest BCUT2D eigenvalue weighted by Gasteiger charge is 2.31. The van der Waals surface area contributed by atoms with E-state index in [2.05, 4.69) is 11.9 Å². The van der Waals surface area contributed by atoms with Crippen LogP contribution in [0.2, 0.25) is 5.02 Å². The summed E-state index contributed by atoms with van der Waals surface area (Å²) in [4.78, 5) is 12.1. The topological polar surface area (TPSA) is 75.7 Å². The Bertz CT molecular complexity index is 661. The SMILES string of the molecule is C=CCNC(=O)C(C)N(c1cc(Cl)ccc1OC)S(C)(=O)=O. The molecule has 6 nitrogen and oxygen atoms in total. The van der Waals surface area contributed by atoms with Crippen molar-refractivity contribution in [3.05, 3.63) is 35.9 Å². The Hall–Kier alpha value is -1.73. The van der Waals surface area contributed by atoms with E-state index in [1.807, 2.05) is 0 Å². The van der Waals surface area contributed by atoms with Gasteiger partial charge < -0.3 is 10.1 Å². The molecule has 0 saturated carbocycles. The van der Waals surface area contributed by atoms with E-state index in [9.17, 15) is 13.2 Å². The van der Waals surface area contributed by atoms with Gasteiger partial charge in [0.2, 0.25) is 15.9 Å². The number of hydrogen-bond donors (Lipinski definition) is 1. The van der Waals surface area contributed by atoms with Gasteiger partial charge in [0.15, 0.2) is 0 Å². The van der Waals surface area contributed by atoms with Crippen molar-refractivity contribution < 1.29 is 17.9 Å². The summed E-state index contributed by atoms with van der Waals surface area (Å²) in [6.07, 6.45) is 2.53. The average molecular weight is 347 g/mol. The minimum atomic E-state index is -3.73. The summed E-state index contributed by atoms with van der Waals surface area (Å²) in [7, 11) is -2.32. The van der Waals surface area contributed by atoms with E-state index in [4.69, 9.17) is 16.3 Å². The van der Waals surface area contributed by atoms with Crippen LogP contribution in [0, 0.1) is 0 Å². The van der Waals surface area contributed by atoms with Crippen molar-refractivity contribution in [3.63, 3.8) is 0 Å². The second-order valence-corrected chi connectivity index (χ2v) is 6.88. The number of hydrogen-bond acceptors (Lipinski definition) is 4.